The average Bonchev–Trinajstić information content (AvgIpc) is 2.71. The summed E-state index contributed by atoms with van der Waals surface area (Å²) in [5, 5.41) is 5.86. The number of amides is 2. The van der Waals surface area contributed by atoms with Crippen LogP contribution in [-0.2, 0) is 13.0 Å². The topological polar surface area (TPSA) is 68.8 Å². The number of ether oxygens (including phenoxy) is 3. The van der Waals surface area contributed by atoms with Gasteiger partial charge in [0.1, 0.15) is 19.0 Å². The minimum Gasteiger partial charge on any atom is -0.497 e. The van der Waals surface area contributed by atoms with Crippen molar-refractivity contribution in [2.24, 2.45) is 0 Å². The van der Waals surface area contributed by atoms with Gasteiger partial charge in [0.05, 0.1) is 7.11 Å². The molecule has 0 fully saturated rings. The van der Waals surface area contributed by atoms with E-state index in [-0.39, 0.29) is 12.1 Å². The van der Waals surface area contributed by atoms with Crippen LogP contribution in [0.2, 0.25) is 0 Å². The van der Waals surface area contributed by atoms with Crippen LogP contribution in [0.25, 0.3) is 0 Å². The first-order valence-electron chi connectivity index (χ1n) is 9.20. The van der Waals surface area contributed by atoms with Crippen molar-refractivity contribution in [1.82, 2.24) is 10.6 Å². The molecule has 2 aromatic rings. The Bertz CT molecular complexity index is 761. The van der Waals surface area contributed by atoms with E-state index in [0.29, 0.717) is 19.8 Å². The maximum atomic E-state index is 12.1. The van der Waals surface area contributed by atoms with Crippen molar-refractivity contribution in [2.45, 2.75) is 32.4 Å². The van der Waals surface area contributed by atoms with Gasteiger partial charge in [0, 0.05) is 12.6 Å². The molecule has 0 aliphatic carbocycles. The fourth-order valence-electron chi connectivity index (χ4n) is 2.90. The first kappa shape index (κ1) is 18.9. The first-order valence-corrected chi connectivity index (χ1v) is 9.20. The van der Waals surface area contributed by atoms with Crippen LogP contribution in [0, 0.1) is 0 Å². The Labute approximate surface area is 159 Å². The van der Waals surface area contributed by atoms with Crippen molar-refractivity contribution >= 4 is 6.03 Å². The van der Waals surface area contributed by atoms with E-state index in [1.165, 1.54) is 5.56 Å². The van der Waals surface area contributed by atoms with Crippen molar-refractivity contribution in [3.8, 4) is 17.2 Å². The summed E-state index contributed by atoms with van der Waals surface area (Å²) in [5.74, 6) is 2.33. The summed E-state index contributed by atoms with van der Waals surface area (Å²) in [4.78, 5) is 12.1. The Hall–Kier alpha value is -2.89. The van der Waals surface area contributed by atoms with Crippen LogP contribution in [0.3, 0.4) is 0 Å². The van der Waals surface area contributed by atoms with Crippen molar-refractivity contribution in [1.29, 1.82) is 0 Å². The third-order valence-electron chi connectivity index (χ3n) is 4.46. The van der Waals surface area contributed by atoms with Gasteiger partial charge in [-0.1, -0.05) is 18.2 Å². The van der Waals surface area contributed by atoms with Gasteiger partial charge in [-0.25, -0.2) is 4.79 Å². The predicted octanol–water partition coefficient (Wildman–Crippen LogP) is 3.29. The van der Waals surface area contributed by atoms with Gasteiger partial charge in [0.2, 0.25) is 0 Å². The third-order valence-corrected chi connectivity index (χ3v) is 4.46. The monoisotopic (exact) mass is 370 g/mol. The van der Waals surface area contributed by atoms with Gasteiger partial charge < -0.3 is 24.8 Å². The second-order valence-electron chi connectivity index (χ2n) is 6.59. The minimum atomic E-state index is -0.174. The van der Waals surface area contributed by atoms with Crippen LogP contribution in [0.1, 0.15) is 24.5 Å². The summed E-state index contributed by atoms with van der Waals surface area (Å²) in [6.07, 6.45) is 1.76. The maximum Gasteiger partial charge on any atom is 0.315 e. The molecule has 6 nitrogen and oxygen atoms in total. The molecular weight excluding hydrogens is 344 g/mol. The highest BCUT2D eigenvalue weighted by Crippen LogP contribution is 2.30. The highest BCUT2D eigenvalue weighted by atomic mass is 16.6. The van der Waals surface area contributed by atoms with Crippen molar-refractivity contribution in [2.75, 3.05) is 20.3 Å². The van der Waals surface area contributed by atoms with Crippen LogP contribution >= 0.6 is 0 Å². The number of rotatable bonds is 7. The molecule has 1 atom stereocenters. The number of hydrogen-bond acceptors (Lipinski definition) is 4. The Morgan fingerprint density at radius 1 is 1.07 bits per heavy atom. The smallest absolute Gasteiger partial charge is 0.315 e. The molecule has 3 rings (SSSR count). The van der Waals surface area contributed by atoms with E-state index < -0.39 is 0 Å². The summed E-state index contributed by atoms with van der Waals surface area (Å²) >= 11 is 0. The van der Waals surface area contributed by atoms with E-state index in [9.17, 15) is 4.79 Å². The standard InChI is InChI=1S/C21H26N2O4/c1-15(3-4-16-5-8-18(25-2)9-6-16)23-21(24)22-14-17-7-10-19-20(13-17)27-12-11-26-19/h5-10,13,15H,3-4,11-12,14H2,1-2H3,(H2,22,23,24). The van der Waals surface area contributed by atoms with Gasteiger partial charge in [0.25, 0.3) is 0 Å². The van der Waals surface area contributed by atoms with Gasteiger partial charge >= 0.3 is 6.03 Å². The second kappa shape index (κ2) is 9.16. The van der Waals surface area contributed by atoms with E-state index >= 15 is 0 Å². The molecule has 2 N–H and O–H groups in total. The number of aryl methyl sites for hydroxylation is 1. The van der Waals surface area contributed by atoms with E-state index in [2.05, 4.69) is 10.6 Å². The maximum absolute atomic E-state index is 12.1. The molecule has 1 aliphatic rings. The Balaban J connectivity index is 1.40. The molecule has 0 radical (unpaired) electrons. The summed E-state index contributed by atoms with van der Waals surface area (Å²) in [5.41, 5.74) is 2.20. The Morgan fingerprint density at radius 3 is 2.52 bits per heavy atom. The molecule has 0 spiro atoms. The van der Waals surface area contributed by atoms with Gasteiger partial charge in [-0.15, -0.1) is 0 Å². The zero-order valence-electron chi connectivity index (χ0n) is 15.8. The van der Waals surface area contributed by atoms with Gasteiger partial charge in [-0.3, -0.25) is 0 Å². The van der Waals surface area contributed by atoms with Gasteiger partial charge in [-0.05, 0) is 55.2 Å². The largest absolute Gasteiger partial charge is 0.497 e. The van der Waals surface area contributed by atoms with E-state index in [1.807, 2.05) is 49.4 Å². The van der Waals surface area contributed by atoms with Crippen molar-refractivity contribution in [3.05, 3.63) is 53.6 Å². The quantitative estimate of drug-likeness (QED) is 0.785. The molecule has 2 amide bonds. The molecule has 0 bridgehead atoms. The molecular formula is C21H26N2O4. The predicted molar refractivity (Wildman–Crippen MR) is 104 cm³/mol. The summed E-state index contributed by atoms with van der Waals surface area (Å²) in [6.45, 7) is 3.57. The highest BCUT2D eigenvalue weighted by Gasteiger charge is 2.12. The molecule has 0 saturated heterocycles. The lowest BCUT2D eigenvalue weighted by Gasteiger charge is -2.19. The van der Waals surface area contributed by atoms with Crippen LogP contribution in [0.15, 0.2) is 42.5 Å². The number of urea groups is 1. The molecule has 1 aliphatic heterocycles. The number of hydrogen-bond donors (Lipinski definition) is 2. The summed E-state index contributed by atoms with van der Waals surface area (Å²) < 4.78 is 16.2. The number of carbonyl (C=O) groups is 1. The lowest BCUT2D eigenvalue weighted by atomic mass is 10.1. The van der Waals surface area contributed by atoms with Crippen LogP contribution in [-0.4, -0.2) is 32.4 Å². The fourth-order valence-corrected chi connectivity index (χ4v) is 2.90. The molecule has 2 aromatic carbocycles. The SMILES string of the molecule is COc1ccc(CCC(C)NC(=O)NCc2ccc3c(c2)OCCO3)cc1. The molecule has 0 saturated carbocycles. The number of carbonyl (C=O) groups excluding carboxylic acids is 1. The zero-order valence-corrected chi connectivity index (χ0v) is 15.8. The van der Waals surface area contributed by atoms with Crippen LogP contribution in [0.4, 0.5) is 4.79 Å². The number of nitrogens with one attached hydrogen (secondary N) is 2. The average molecular weight is 370 g/mol. The van der Waals surface area contributed by atoms with Gasteiger partial charge in [-0.2, -0.15) is 0 Å². The van der Waals surface area contributed by atoms with E-state index in [4.69, 9.17) is 14.2 Å². The normalized spacial score (nSPS) is 13.6. The van der Waals surface area contributed by atoms with Crippen LogP contribution < -0.4 is 24.8 Å². The lowest BCUT2D eigenvalue weighted by molar-refractivity contribution is 0.171. The Morgan fingerprint density at radius 2 is 1.78 bits per heavy atom. The van der Waals surface area contributed by atoms with Crippen molar-refractivity contribution in [3.63, 3.8) is 0 Å². The fraction of sp³-hybridized carbons (Fsp3) is 0.381. The summed E-state index contributed by atoms with van der Waals surface area (Å²) in [7, 11) is 1.66. The minimum absolute atomic E-state index is 0.0763. The molecule has 1 heterocycles. The molecule has 144 valence electrons. The third kappa shape index (κ3) is 5.54. The molecule has 6 heteroatoms. The molecule has 1 unspecified atom stereocenters. The number of benzene rings is 2. The van der Waals surface area contributed by atoms with E-state index in [0.717, 1.165) is 35.7 Å². The second-order valence-corrected chi connectivity index (χ2v) is 6.59. The van der Waals surface area contributed by atoms with Crippen LogP contribution in [0.5, 0.6) is 17.2 Å². The van der Waals surface area contributed by atoms with Gasteiger partial charge in [0.15, 0.2) is 11.5 Å². The first-order chi connectivity index (χ1) is 13.1. The zero-order chi connectivity index (χ0) is 19.1. The Kier molecular flexibility index (Phi) is 6.41. The molecule has 0 aromatic heterocycles. The molecule has 27 heavy (non-hydrogen) atoms. The lowest BCUT2D eigenvalue weighted by Crippen LogP contribution is -2.40. The highest BCUT2D eigenvalue weighted by molar-refractivity contribution is 5.74. The number of fused-ring (bicyclic) bond motifs is 1. The summed E-state index contributed by atoms with van der Waals surface area (Å²) in [6, 6.07) is 13.6. The number of methoxy groups -OCH3 is 1. The van der Waals surface area contributed by atoms with Crippen molar-refractivity contribution < 1.29 is 19.0 Å². The van der Waals surface area contributed by atoms with E-state index in [1.54, 1.807) is 7.11 Å².